The first-order chi connectivity index (χ1) is 10.8. The predicted octanol–water partition coefficient (Wildman–Crippen LogP) is 2.11. The molecule has 128 valence electrons. The SMILES string of the molecule is Cc1nc(CN2C[C@@H]3CC[C@@H](NC(=O)OC(C)(C)C)[C@H]3C2)no1. The van der Waals surface area contributed by atoms with Crippen LogP contribution in [-0.2, 0) is 11.3 Å². The van der Waals surface area contributed by atoms with Crippen molar-refractivity contribution in [3.63, 3.8) is 0 Å². The fourth-order valence-electron chi connectivity index (χ4n) is 3.73. The first-order valence-corrected chi connectivity index (χ1v) is 8.31. The Bertz CT molecular complexity index is 566. The van der Waals surface area contributed by atoms with Crippen LogP contribution in [0, 0.1) is 18.8 Å². The van der Waals surface area contributed by atoms with E-state index in [0.717, 1.165) is 31.8 Å². The molecule has 1 aliphatic carbocycles. The highest BCUT2D eigenvalue weighted by atomic mass is 16.6. The molecule has 1 saturated carbocycles. The number of aryl methyl sites for hydroxylation is 1. The van der Waals surface area contributed by atoms with Gasteiger partial charge < -0.3 is 14.6 Å². The minimum atomic E-state index is -0.458. The molecule has 1 aromatic heterocycles. The molecule has 1 N–H and O–H groups in total. The number of fused-ring (bicyclic) bond motifs is 1. The summed E-state index contributed by atoms with van der Waals surface area (Å²) in [5.41, 5.74) is -0.458. The van der Waals surface area contributed by atoms with Crippen molar-refractivity contribution in [1.82, 2.24) is 20.4 Å². The predicted molar refractivity (Wildman–Crippen MR) is 83.7 cm³/mol. The van der Waals surface area contributed by atoms with Crippen LogP contribution in [0.1, 0.15) is 45.3 Å². The van der Waals surface area contributed by atoms with Gasteiger partial charge in [0, 0.05) is 26.1 Å². The lowest BCUT2D eigenvalue weighted by Gasteiger charge is -2.24. The number of hydrogen-bond acceptors (Lipinski definition) is 6. The molecular weight excluding hydrogens is 296 g/mol. The summed E-state index contributed by atoms with van der Waals surface area (Å²) in [4.78, 5) is 18.6. The average molecular weight is 322 g/mol. The molecule has 1 amide bonds. The molecule has 3 atom stereocenters. The van der Waals surface area contributed by atoms with Gasteiger partial charge in [0.15, 0.2) is 5.82 Å². The third-order valence-electron chi connectivity index (χ3n) is 4.57. The Morgan fingerprint density at radius 2 is 2.17 bits per heavy atom. The summed E-state index contributed by atoms with van der Waals surface area (Å²) >= 11 is 0. The molecule has 7 nitrogen and oxygen atoms in total. The molecule has 1 aliphatic heterocycles. The summed E-state index contributed by atoms with van der Waals surface area (Å²) in [6, 6.07) is 0.201. The summed E-state index contributed by atoms with van der Waals surface area (Å²) in [6.45, 7) is 10.2. The van der Waals surface area contributed by atoms with E-state index in [0.29, 0.717) is 24.3 Å². The van der Waals surface area contributed by atoms with Crippen LogP contribution < -0.4 is 5.32 Å². The molecule has 0 radical (unpaired) electrons. The molecule has 0 bridgehead atoms. The lowest BCUT2D eigenvalue weighted by molar-refractivity contribution is 0.0491. The molecule has 1 saturated heterocycles. The van der Waals surface area contributed by atoms with Gasteiger partial charge >= 0.3 is 6.09 Å². The van der Waals surface area contributed by atoms with Gasteiger partial charge in [0.1, 0.15) is 5.60 Å². The monoisotopic (exact) mass is 322 g/mol. The molecule has 2 fully saturated rings. The zero-order valence-electron chi connectivity index (χ0n) is 14.3. The molecule has 0 aromatic carbocycles. The highest BCUT2D eigenvalue weighted by molar-refractivity contribution is 5.68. The number of carbonyl (C=O) groups is 1. The quantitative estimate of drug-likeness (QED) is 0.918. The van der Waals surface area contributed by atoms with Crippen molar-refractivity contribution in [2.75, 3.05) is 13.1 Å². The van der Waals surface area contributed by atoms with Crippen molar-refractivity contribution in [3.05, 3.63) is 11.7 Å². The van der Waals surface area contributed by atoms with Crippen LogP contribution in [0.3, 0.4) is 0 Å². The fourth-order valence-corrected chi connectivity index (χ4v) is 3.73. The van der Waals surface area contributed by atoms with Crippen LogP contribution in [-0.4, -0.2) is 45.9 Å². The Balaban J connectivity index is 1.53. The average Bonchev–Trinajstić information content (AvgIpc) is 3.06. The highest BCUT2D eigenvalue weighted by Gasteiger charge is 2.43. The van der Waals surface area contributed by atoms with Gasteiger partial charge in [-0.3, -0.25) is 4.90 Å². The van der Waals surface area contributed by atoms with Crippen molar-refractivity contribution < 1.29 is 14.1 Å². The van der Waals surface area contributed by atoms with E-state index in [1.54, 1.807) is 6.92 Å². The largest absolute Gasteiger partial charge is 0.444 e. The summed E-state index contributed by atoms with van der Waals surface area (Å²) in [6.07, 6.45) is 1.87. The molecule has 2 heterocycles. The van der Waals surface area contributed by atoms with E-state index in [2.05, 4.69) is 20.4 Å². The fraction of sp³-hybridized carbons (Fsp3) is 0.812. The molecule has 3 rings (SSSR count). The van der Waals surface area contributed by atoms with Crippen LogP contribution in [0.2, 0.25) is 0 Å². The summed E-state index contributed by atoms with van der Waals surface area (Å²) in [5.74, 6) is 2.45. The van der Waals surface area contributed by atoms with Gasteiger partial charge in [-0.25, -0.2) is 4.79 Å². The van der Waals surface area contributed by atoms with Crippen molar-refractivity contribution >= 4 is 6.09 Å². The molecule has 7 heteroatoms. The molecular formula is C16H26N4O3. The number of likely N-dealkylation sites (tertiary alicyclic amines) is 1. The van der Waals surface area contributed by atoms with Crippen molar-refractivity contribution in [3.8, 4) is 0 Å². The van der Waals surface area contributed by atoms with Gasteiger partial charge in [-0.1, -0.05) is 5.16 Å². The van der Waals surface area contributed by atoms with Crippen LogP contribution in [0.5, 0.6) is 0 Å². The second kappa shape index (κ2) is 6.11. The smallest absolute Gasteiger partial charge is 0.407 e. The minimum Gasteiger partial charge on any atom is -0.444 e. The van der Waals surface area contributed by atoms with E-state index >= 15 is 0 Å². The normalized spacial score (nSPS) is 27.9. The Hall–Kier alpha value is -1.63. The second-order valence-electron chi connectivity index (χ2n) is 7.68. The number of aromatic nitrogens is 2. The number of hydrogen-bond donors (Lipinski definition) is 1. The van der Waals surface area contributed by atoms with Gasteiger partial charge in [-0.05, 0) is 45.4 Å². The lowest BCUT2D eigenvalue weighted by atomic mass is 9.98. The summed E-state index contributed by atoms with van der Waals surface area (Å²) < 4.78 is 10.4. The topological polar surface area (TPSA) is 80.5 Å². The number of rotatable bonds is 3. The number of carbonyl (C=O) groups excluding carboxylic acids is 1. The maximum atomic E-state index is 12.0. The maximum absolute atomic E-state index is 12.0. The Kier molecular flexibility index (Phi) is 4.31. The third kappa shape index (κ3) is 4.02. The zero-order valence-corrected chi connectivity index (χ0v) is 14.3. The first-order valence-electron chi connectivity index (χ1n) is 8.31. The Labute approximate surface area is 136 Å². The van der Waals surface area contributed by atoms with Gasteiger partial charge in [-0.15, -0.1) is 0 Å². The summed E-state index contributed by atoms with van der Waals surface area (Å²) in [7, 11) is 0. The number of alkyl carbamates (subject to hydrolysis) is 1. The zero-order chi connectivity index (χ0) is 16.6. The Morgan fingerprint density at radius 3 is 2.83 bits per heavy atom. The second-order valence-corrected chi connectivity index (χ2v) is 7.68. The van der Waals surface area contributed by atoms with E-state index < -0.39 is 5.60 Å². The van der Waals surface area contributed by atoms with Crippen molar-refractivity contribution in [2.45, 2.75) is 58.7 Å². The van der Waals surface area contributed by atoms with Crippen LogP contribution >= 0.6 is 0 Å². The van der Waals surface area contributed by atoms with Gasteiger partial charge in [0.25, 0.3) is 0 Å². The van der Waals surface area contributed by atoms with Gasteiger partial charge in [-0.2, -0.15) is 4.98 Å². The lowest BCUT2D eigenvalue weighted by Crippen LogP contribution is -2.42. The number of nitrogens with one attached hydrogen (secondary N) is 1. The Morgan fingerprint density at radius 1 is 1.39 bits per heavy atom. The van der Waals surface area contributed by atoms with E-state index in [-0.39, 0.29) is 12.1 Å². The summed E-state index contributed by atoms with van der Waals surface area (Å²) in [5, 5.41) is 7.02. The maximum Gasteiger partial charge on any atom is 0.407 e. The van der Waals surface area contributed by atoms with Crippen LogP contribution in [0.4, 0.5) is 4.79 Å². The highest BCUT2D eigenvalue weighted by Crippen LogP contribution is 2.38. The molecule has 0 spiro atoms. The standard InChI is InChI=1S/C16H26N4O3/c1-10-17-14(19-23-10)9-20-7-11-5-6-13(12(11)8-20)18-15(21)22-16(2,3)4/h11-13H,5-9H2,1-4H3,(H,18,21)/t11-,12-,13+/m0/s1. The molecule has 0 unspecified atom stereocenters. The first kappa shape index (κ1) is 16.2. The van der Waals surface area contributed by atoms with Crippen LogP contribution in [0.25, 0.3) is 0 Å². The molecule has 1 aromatic rings. The van der Waals surface area contributed by atoms with E-state index in [9.17, 15) is 4.79 Å². The van der Waals surface area contributed by atoms with Crippen LogP contribution in [0.15, 0.2) is 4.52 Å². The number of amides is 1. The van der Waals surface area contributed by atoms with Crippen molar-refractivity contribution in [1.29, 1.82) is 0 Å². The number of nitrogens with zero attached hydrogens (tertiary/aromatic N) is 3. The van der Waals surface area contributed by atoms with E-state index in [4.69, 9.17) is 9.26 Å². The molecule has 2 aliphatic rings. The van der Waals surface area contributed by atoms with Gasteiger partial charge in [0.05, 0.1) is 6.54 Å². The van der Waals surface area contributed by atoms with Crippen molar-refractivity contribution in [2.24, 2.45) is 11.8 Å². The van der Waals surface area contributed by atoms with E-state index in [1.807, 2.05) is 20.8 Å². The van der Waals surface area contributed by atoms with E-state index in [1.165, 1.54) is 0 Å². The minimum absolute atomic E-state index is 0.201. The molecule has 23 heavy (non-hydrogen) atoms. The third-order valence-corrected chi connectivity index (χ3v) is 4.57. The van der Waals surface area contributed by atoms with Gasteiger partial charge in [0.2, 0.25) is 5.89 Å². The number of ether oxygens (including phenoxy) is 1.